The highest BCUT2D eigenvalue weighted by molar-refractivity contribution is 6.23. The number of benzene rings is 3. The number of primary amides is 1. The number of aromatic hydroxyl groups is 1. The Kier molecular flexibility index (Phi) is 9.64. The third kappa shape index (κ3) is 7.72. The Labute approximate surface area is 218 Å². The number of carbonyl (C=O) groups is 3. The molecule has 0 bridgehead atoms. The average molecular weight is 520 g/mol. The summed E-state index contributed by atoms with van der Waals surface area (Å²) in [6.07, 6.45) is 2.54. The fourth-order valence-electron chi connectivity index (χ4n) is 3.53. The van der Waals surface area contributed by atoms with E-state index in [9.17, 15) is 19.5 Å². The number of carbonyl (C=O) groups excluding carboxylic acids is 3. The molecule has 0 aliphatic rings. The summed E-state index contributed by atoms with van der Waals surface area (Å²) in [4.78, 5) is 36.3. The fourth-order valence-corrected chi connectivity index (χ4v) is 3.53. The van der Waals surface area contributed by atoms with Gasteiger partial charge in [-0.15, -0.1) is 0 Å². The molecule has 0 unspecified atom stereocenters. The second-order valence-electron chi connectivity index (χ2n) is 8.29. The number of phenolic OH excluding ortho intramolecular Hbond substituents is 1. The number of nitrogens with zero attached hydrogens (tertiary/aromatic N) is 1. The molecule has 8 N–H and O–H groups in total. The number of hydrogen-bond donors (Lipinski definition) is 6. The van der Waals surface area contributed by atoms with Gasteiger partial charge in [0.15, 0.2) is 5.84 Å². The van der Waals surface area contributed by atoms with Crippen molar-refractivity contribution in [2.75, 3.05) is 19.7 Å². The summed E-state index contributed by atoms with van der Waals surface area (Å²) in [5, 5.41) is 28.3. The number of phenols is 1. The van der Waals surface area contributed by atoms with Crippen molar-refractivity contribution in [1.29, 1.82) is 0 Å². The van der Waals surface area contributed by atoms with E-state index >= 15 is 0 Å². The summed E-state index contributed by atoms with van der Waals surface area (Å²) in [6, 6.07) is 17.0. The molecule has 0 spiro atoms. The number of rotatable bonds is 12. The second kappa shape index (κ2) is 13.3. The van der Waals surface area contributed by atoms with Crippen LogP contribution in [0.3, 0.4) is 0 Å². The number of nitrogens with one attached hydrogen (secondary N) is 2. The maximum atomic E-state index is 12.6. The summed E-state index contributed by atoms with van der Waals surface area (Å²) in [6.45, 7) is 0.262. The van der Waals surface area contributed by atoms with Crippen LogP contribution in [0.25, 0.3) is 16.8 Å². The molecule has 0 fully saturated rings. The maximum Gasteiger partial charge on any atom is 0.255 e. The van der Waals surface area contributed by atoms with Crippen molar-refractivity contribution >= 4 is 40.4 Å². The Bertz CT molecular complexity index is 1370. The van der Waals surface area contributed by atoms with Crippen molar-refractivity contribution < 1.29 is 29.4 Å². The topological polar surface area (TPSA) is 189 Å². The fraction of sp³-hybridized carbons (Fsp3) is 0.185. The third-order valence-electron chi connectivity index (χ3n) is 5.46. The van der Waals surface area contributed by atoms with Crippen molar-refractivity contribution in [2.24, 2.45) is 16.6 Å². The van der Waals surface area contributed by atoms with Crippen molar-refractivity contribution in [1.82, 2.24) is 10.6 Å². The molecular formula is C27H29N5O6. The van der Waals surface area contributed by atoms with Crippen molar-refractivity contribution in [3.63, 3.8) is 0 Å². The van der Waals surface area contributed by atoms with Crippen molar-refractivity contribution in [3.8, 4) is 11.5 Å². The van der Waals surface area contributed by atoms with E-state index in [1.54, 1.807) is 24.3 Å². The van der Waals surface area contributed by atoms with Crippen molar-refractivity contribution in [3.05, 3.63) is 77.4 Å². The SMILES string of the molecule is NC(=O)CNC(=O)c1cc2ccccc2cc1OCCCCNC(=O)C(=Cc1ccc(O)cc1)C(N)=NO. The first-order valence-corrected chi connectivity index (χ1v) is 11.8. The Morgan fingerprint density at radius 2 is 1.63 bits per heavy atom. The Hall–Kier alpha value is -5.06. The van der Waals surface area contributed by atoms with Gasteiger partial charge in [-0.2, -0.15) is 0 Å². The predicted octanol–water partition coefficient (Wildman–Crippen LogP) is 1.87. The monoisotopic (exact) mass is 519 g/mol. The van der Waals surface area contributed by atoms with Gasteiger partial charge in [0.25, 0.3) is 11.8 Å². The van der Waals surface area contributed by atoms with Gasteiger partial charge in [0, 0.05) is 6.54 Å². The zero-order valence-electron chi connectivity index (χ0n) is 20.5. The molecule has 0 saturated heterocycles. The molecule has 0 heterocycles. The minimum atomic E-state index is -0.656. The summed E-state index contributed by atoms with van der Waals surface area (Å²) < 4.78 is 5.88. The number of amidine groups is 1. The van der Waals surface area contributed by atoms with Crippen LogP contribution in [0.4, 0.5) is 0 Å². The van der Waals surface area contributed by atoms with Crippen LogP contribution in [-0.2, 0) is 9.59 Å². The number of unbranched alkanes of at least 4 members (excludes halogenated alkanes) is 1. The molecule has 3 amide bonds. The summed E-state index contributed by atoms with van der Waals surface area (Å²) in [7, 11) is 0. The minimum Gasteiger partial charge on any atom is -0.508 e. The summed E-state index contributed by atoms with van der Waals surface area (Å²) >= 11 is 0. The molecule has 198 valence electrons. The lowest BCUT2D eigenvalue weighted by molar-refractivity contribution is -0.117. The van der Waals surface area contributed by atoms with Crippen LogP contribution >= 0.6 is 0 Å². The van der Waals surface area contributed by atoms with Gasteiger partial charge >= 0.3 is 0 Å². The number of ether oxygens (including phenoxy) is 1. The molecule has 0 radical (unpaired) electrons. The van der Waals surface area contributed by atoms with Gasteiger partial charge in [-0.1, -0.05) is 41.6 Å². The second-order valence-corrected chi connectivity index (χ2v) is 8.29. The Morgan fingerprint density at radius 1 is 0.947 bits per heavy atom. The van der Waals surface area contributed by atoms with Gasteiger partial charge in [0.05, 0.1) is 24.3 Å². The van der Waals surface area contributed by atoms with Gasteiger partial charge in [0.2, 0.25) is 5.91 Å². The number of nitrogens with two attached hydrogens (primary N) is 2. The zero-order valence-corrected chi connectivity index (χ0v) is 20.5. The quantitative estimate of drug-likeness (QED) is 0.0525. The molecule has 3 aromatic carbocycles. The number of fused-ring (bicyclic) bond motifs is 1. The third-order valence-corrected chi connectivity index (χ3v) is 5.46. The van der Waals surface area contributed by atoms with Crippen LogP contribution in [-0.4, -0.2) is 53.6 Å². The first-order valence-electron chi connectivity index (χ1n) is 11.8. The van der Waals surface area contributed by atoms with Crippen LogP contribution in [0, 0.1) is 0 Å². The van der Waals surface area contributed by atoms with Crippen LogP contribution in [0.5, 0.6) is 11.5 Å². The molecule has 38 heavy (non-hydrogen) atoms. The van der Waals surface area contributed by atoms with E-state index in [1.807, 2.05) is 24.3 Å². The lowest BCUT2D eigenvalue weighted by atomic mass is 10.1. The lowest BCUT2D eigenvalue weighted by Gasteiger charge is -2.13. The van der Waals surface area contributed by atoms with Gasteiger partial charge in [-0.05, 0) is 59.5 Å². The number of hydrogen-bond acceptors (Lipinski definition) is 7. The summed E-state index contributed by atoms with van der Waals surface area (Å²) in [5.41, 5.74) is 11.6. The average Bonchev–Trinajstić information content (AvgIpc) is 2.92. The van der Waals surface area contributed by atoms with Crippen LogP contribution in [0.1, 0.15) is 28.8 Å². The molecule has 3 rings (SSSR count). The summed E-state index contributed by atoms with van der Waals surface area (Å²) in [5.74, 6) is -1.58. The Balaban J connectivity index is 1.57. The van der Waals surface area contributed by atoms with E-state index in [0.29, 0.717) is 24.2 Å². The van der Waals surface area contributed by atoms with E-state index in [-0.39, 0.29) is 42.4 Å². The molecule has 0 aliphatic heterocycles. The normalized spacial score (nSPS) is 11.7. The molecule has 11 heteroatoms. The standard InChI is InChI=1S/C27H29N5O6/c28-24(34)16-31-26(35)21-14-18-5-1-2-6-19(18)15-23(21)38-12-4-3-11-30-27(36)22(25(29)32-37)13-17-7-9-20(33)10-8-17/h1-2,5-10,13-15,33,37H,3-4,11-12,16H2,(H2,28,34)(H2,29,32)(H,30,36)(H,31,35). The van der Waals surface area contributed by atoms with Crippen LogP contribution in [0.15, 0.2) is 71.4 Å². The van der Waals surface area contributed by atoms with Gasteiger partial charge < -0.3 is 37.2 Å². The van der Waals surface area contributed by atoms with E-state index in [1.165, 1.54) is 18.2 Å². The lowest BCUT2D eigenvalue weighted by Crippen LogP contribution is -2.33. The van der Waals surface area contributed by atoms with E-state index < -0.39 is 17.7 Å². The smallest absolute Gasteiger partial charge is 0.255 e. The molecular weight excluding hydrogens is 490 g/mol. The molecule has 11 nitrogen and oxygen atoms in total. The van der Waals surface area contributed by atoms with E-state index in [2.05, 4.69) is 15.8 Å². The minimum absolute atomic E-state index is 0.0304. The van der Waals surface area contributed by atoms with Gasteiger partial charge in [-0.3, -0.25) is 14.4 Å². The molecule has 0 atom stereocenters. The highest BCUT2D eigenvalue weighted by atomic mass is 16.5. The molecule has 3 aromatic rings. The molecule has 0 saturated carbocycles. The first-order chi connectivity index (χ1) is 18.3. The maximum absolute atomic E-state index is 12.6. The van der Waals surface area contributed by atoms with Crippen LogP contribution in [0.2, 0.25) is 0 Å². The van der Waals surface area contributed by atoms with E-state index in [0.717, 1.165) is 10.8 Å². The number of oxime groups is 1. The molecule has 0 aromatic heterocycles. The van der Waals surface area contributed by atoms with Crippen LogP contribution < -0.4 is 26.8 Å². The Morgan fingerprint density at radius 3 is 2.29 bits per heavy atom. The largest absolute Gasteiger partial charge is 0.508 e. The highest BCUT2D eigenvalue weighted by Crippen LogP contribution is 2.26. The molecule has 0 aliphatic carbocycles. The van der Waals surface area contributed by atoms with Crippen molar-refractivity contribution in [2.45, 2.75) is 12.8 Å². The zero-order chi connectivity index (χ0) is 27.5. The predicted molar refractivity (Wildman–Crippen MR) is 143 cm³/mol. The first kappa shape index (κ1) is 27.5. The number of amides is 3. The van der Waals surface area contributed by atoms with Gasteiger partial charge in [0.1, 0.15) is 11.5 Å². The highest BCUT2D eigenvalue weighted by Gasteiger charge is 2.16. The van der Waals surface area contributed by atoms with Gasteiger partial charge in [-0.25, -0.2) is 0 Å². The van der Waals surface area contributed by atoms with E-state index in [4.69, 9.17) is 21.4 Å².